The summed E-state index contributed by atoms with van der Waals surface area (Å²) in [7, 11) is 4.07. The van der Waals surface area contributed by atoms with Gasteiger partial charge in [0.05, 0.1) is 13.2 Å². The minimum atomic E-state index is 0.755. The molecule has 4 heteroatoms. The van der Waals surface area contributed by atoms with Crippen LogP contribution in [-0.2, 0) is 0 Å². The van der Waals surface area contributed by atoms with Crippen molar-refractivity contribution in [1.29, 1.82) is 0 Å². The maximum absolute atomic E-state index is 5.76. The smallest absolute Gasteiger partial charge is 0.119 e. The Kier molecular flexibility index (Phi) is 7.52. The van der Waals surface area contributed by atoms with Gasteiger partial charge in [0.15, 0.2) is 0 Å². The first kappa shape index (κ1) is 17.9. The van der Waals surface area contributed by atoms with Gasteiger partial charge in [-0.3, -0.25) is 0 Å². The zero-order valence-electron chi connectivity index (χ0n) is 13.8. The largest absolute Gasteiger partial charge is 0.494 e. The Bertz CT molecular complexity index is 567. The van der Waals surface area contributed by atoms with E-state index in [1.165, 1.54) is 9.26 Å². The second-order valence-corrected chi connectivity index (χ2v) is 6.85. The highest BCUT2D eigenvalue weighted by Gasteiger charge is 1.98. The number of anilines is 1. The molecule has 0 aliphatic rings. The number of halogens is 1. The fraction of sp³-hybridized carbons (Fsp3) is 0.368. The summed E-state index contributed by atoms with van der Waals surface area (Å²) in [6.45, 7) is 1.52. The van der Waals surface area contributed by atoms with Gasteiger partial charge in [-0.2, -0.15) is 0 Å². The first-order valence-electron chi connectivity index (χ1n) is 7.94. The molecule has 124 valence electrons. The molecule has 0 saturated heterocycles. The number of rotatable bonds is 9. The zero-order valence-corrected chi connectivity index (χ0v) is 16.0. The van der Waals surface area contributed by atoms with Crippen LogP contribution in [0.3, 0.4) is 0 Å². The lowest BCUT2D eigenvalue weighted by Crippen LogP contribution is -2.08. The summed E-state index contributed by atoms with van der Waals surface area (Å²) in [4.78, 5) is 2.08. The Morgan fingerprint density at radius 3 is 1.70 bits per heavy atom. The summed E-state index contributed by atoms with van der Waals surface area (Å²) in [6, 6.07) is 16.3. The molecule has 0 N–H and O–H groups in total. The molecule has 0 aromatic heterocycles. The van der Waals surface area contributed by atoms with Crippen LogP contribution in [0.2, 0.25) is 0 Å². The Morgan fingerprint density at radius 2 is 1.22 bits per heavy atom. The molecule has 0 fully saturated rings. The molecule has 0 heterocycles. The molecule has 2 aromatic rings. The molecular formula is C19H24INO2. The Balaban J connectivity index is 1.54. The van der Waals surface area contributed by atoms with Crippen LogP contribution in [0.15, 0.2) is 48.5 Å². The number of hydrogen-bond acceptors (Lipinski definition) is 3. The van der Waals surface area contributed by atoms with E-state index in [9.17, 15) is 0 Å². The van der Waals surface area contributed by atoms with E-state index in [0.29, 0.717) is 0 Å². The van der Waals surface area contributed by atoms with Gasteiger partial charge in [0.1, 0.15) is 11.5 Å². The third-order valence-electron chi connectivity index (χ3n) is 3.49. The zero-order chi connectivity index (χ0) is 16.5. The number of nitrogens with zero attached hydrogens (tertiary/aromatic N) is 1. The minimum absolute atomic E-state index is 0.755. The molecule has 2 aromatic carbocycles. The first-order valence-corrected chi connectivity index (χ1v) is 9.01. The number of hydrogen-bond donors (Lipinski definition) is 0. The van der Waals surface area contributed by atoms with Crippen molar-refractivity contribution in [1.82, 2.24) is 0 Å². The van der Waals surface area contributed by atoms with Crippen LogP contribution in [0.5, 0.6) is 11.5 Å². The van der Waals surface area contributed by atoms with Crippen molar-refractivity contribution in [2.45, 2.75) is 19.3 Å². The van der Waals surface area contributed by atoms with E-state index in [1.54, 1.807) is 0 Å². The van der Waals surface area contributed by atoms with Crippen molar-refractivity contribution in [3.05, 3.63) is 52.1 Å². The standard InChI is InChI=1S/C19H24INO2/c1-21(2)17-8-12-19(13-9-17)23-15-5-3-4-14-22-18-10-6-16(20)7-11-18/h6-13H,3-5,14-15H2,1-2H3. The molecule has 0 atom stereocenters. The SMILES string of the molecule is CN(C)c1ccc(OCCCCCOc2ccc(I)cc2)cc1. The molecule has 0 unspecified atom stereocenters. The predicted molar refractivity (Wildman–Crippen MR) is 105 cm³/mol. The van der Waals surface area contributed by atoms with E-state index in [2.05, 4.69) is 51.8 Å². The lowest BCUT2D eigenvalue weighted by molar-refractivity contribution is 0.279. The maximum Gasteiger partial charge on any atom is 0.119 e. The molecule has 0 amide bonds. The minimum Gasteiger partial charge on any atom is -0.494 e. The van der Waals surface area contributed by atoms with Crippen molar-refractivity contribution < 1.29 is 9.47 Å². The third kappa shape index (κ3) is 6.69. The maximum atomic E-state index is 5.76. The average molecular weight is 425 g/mol. The normalized spacial score (nSPS) is 10.4. The van der Waals surface area contributed by atoms with Crippen LogP contribution in [0, 0.1) is 3.57 Å². The Labute approximate surface area is 152 Å². The van der Waals surface area contributed by atoms with Gasteiger partial charge in [-0.05, 0) is 90.4 Å². The summed E-state index contributed by atoms with van der Waals surface area (Å²) in [5, 5.41) is 0. The fourth-order valence-corrected chi connectivity index (χ4v) is 2.49. The molecular weight excluding hydrogens is 401 g/mol. The van der Waals surface area contributed by atoms with Crippen LogP contribution in [0.1, 0.15) is 19.3 Å². The first-order chi connectivity index (χ1) is 11.1. The molecule has 2 rings (SSSR count). The van der Waals surface area contributed by atoms with E-state index >= 15 is 0 Å². The topological polar surface area (TPSA) is 21.7 Å². The van der Waals surface area contributed by atoms with Gasteiger partial charge in [0.25, 0.3) is 0 Å². The van der Waals surface area contributed by atoms with Crippen LogP contribution in [-0.4, -0.2) is 27.3 Å². The lowest BCUT2D eigenvalue weighted by atomic mass is 10.2. The number of ether oxygens (including phenoxy) is 2. The highest BCUT2D eigenvalue weighted by atomic mass is 127. The van der Waals surface area contributed by atoms with E-state index in [4.69, 9.17) is 9.47 Å². The Morgan fingerprint density at radius 1 is 0.739 bits per heavy atom. The molecule has 23 heavy (non-hydrogen) atoms. The Hall–Kier alpha value is -1.43. The fourth-order valence-electron chi connectivity index (χ4n) is 2.13. The van der Waals surface area contributed by atoms with Crippen molar-refractivity contribution in [3.63, 3.8) is 0 Å². The summed E-state index contributed by atoms with van der Waals surface area (Å²) >= 11 is 2.29. The molecule has 0 saturated carbocycles. The lowest BCUT2D eigenvalue weighted by Gasteiger charge is -2.13. The summed E-state index contributed by atoms with van der Waals surface area (Å²) < 4.78 is 12.7. The summed E-state index contributed by atoms with van der Waals surface area (Å²) in [5.41, 5.74) is 1.19. The van der Waals surface area contributed by atoms with Crippen molar-refractivity contribution in [3.8, 4) is 11.5 Å². The number of benzene rings is 2. The molecule has 0 aliphatic heterocycles. The predicted octanol–water partition coefficient (Wildman–Crippen LogP) is 4.99. The second kappa shape index (κ2) is 9.65. The van der Waals surface area contributed by atoms with Crippen molar-refractivity contribution >= 4 is 28.3 Å². The number of unbranched alkanes of at least 4 members (excludes halogenated alkanes) is 2. The average Bonchev–Trinajstić information content (AvgIpc) is 2.56. The second-order valence-electron chi connectivity index (χ2n) is 5.60. The monoisotopic (exact) mass is 425 g/mol. The molecule has 3 nitrogen and oxygen atoms in total. The van der Waals surface area contributed by atoms with E-state index in [-0.39, 0.29) is 0 Å². The van der Waals surface area contributed by atoms with E-state index in [1.807, 2.05) is 38.4 Å². The van der Waals surface area contributed by atoms with Gasteiger partial charge >= 0.3 is 0 Å². The van der Waals surface area contributed by atoms with Gasteiger partial charge in [-0.15, -0.1) is 0 Å². The van der Waals surface area contributed by atoms with Crippen LogP contribution in [0.25, 0.3) is 0 Å². The van der Waals surface area contributed by atoms with Crippen molar-refractivity contribution in [2.24, 2.45) is 0 Å². The highest BCUT2D eigenvalue weighted by molar-refractivity contribution is 14.1. The van der Waals surface area contributed by atoms with Gasteiger partial charge in [0.2, 0.25) is 0 Å². The van der Waals surface area contributed by atoms with Gasteiger partial charge < -0.3 is 14.4 Å². The molecule has 0 aliphatic carbocycles. The van der Waals surface area contributed by atoms with Crippen LogP contribution in [0.4, 0.5) is 5.69 Å². The molecule has 0 radical (unpaired) electrons. The summed E-state index contributed by atoms with van der Waals surface area (Å²) in [6.07, 6.45) is 3.21. The van der Waals surface area contributed by atoms with E-state index in [0.717, 1.165) is 44.0 Å². The molecule has 0 spiro atoms. The quantitative estimate of drug-likeness (QED) is 0.418. The van der Waals surface area contributed by atoms with Crippen LogP contribution >= 0.6 is 22.6 Å². The van der Waals surface area contributed by atoms with Gasteiger partial charge in [-0.25, -0.2) is 0 Å². The summed E-state index contributed by atoms with van der Waals surface area (Å²) in [5.74, 6) is 1.88. The van der Waals surface area contributed by atoms with Gasteiger partial charge in [-0.1, -0.05) is 0 Å². The molecule has 0 bridgehead atoms. The van der Waals surface area contributed by atoms with E-state index < -0.39 is 0 Å². The van der Waals surface area contributed by atoms with Crippen molar-refractivity contribution in [2.75, 3.05) is 32.2 Å². The van der Waals surface area contributed by atoms with Gasteiger partial charge in [0, 0.05) is 23.4 Å². The highest BCUT2D eigenvalue weighted by Crippen LogP contribution is 2.18. The third-order valence-corrected chi connectivity index (χ3v) is 4.21. The van der Waals surface area contributed by atoms with Crippen LogP contribution < -0.4 is 14.4 Å².